The van der Waals surface area contributed by atoms with E-state index in [4.69, 9.17) is 39.5 Å². The zero-order valence-corrected chi connectivity index (χ0v) is 12.1. The van der Waals surface area contributed by atoms with Gasteiger partial charge in [-0.15, -0.1) is 0 Å². The topological polar surface area (TPSA) is 39.2 Å². The molecule has 0 aliphatic rings. The number of rotatable bonds is 2. The van der Waals surface area contributed by atoms with Crippen molar-refractivity contribution in [3.63, 3.8) is 0 Å². The number of nitrogens with zero attached hydrogens (tertiary/aromatic N) is 1. The number of aromatic nitrogens is 1. The Kier molecular flexibility index (Phi) is 4.30. The van der Waals surface area contributed by atoms with Gasteiger partial charge in [0.15, 0.2) is 0 Å². The first-order valence-corrected chi connectivity index (χ1v) is 6.35. The molecule has 1 heterocycles. The van der Waals surface area contributed by atoms with Gasteiger partial charge in [-0.2, -0.15) is 0 Å². The van der Waals surface area contributed by atoms with Crippen LogP contribution in [0.5, 0.6) is 0 Å². The van der Waals surface area contributed by atoms with Crippen molar-refractivity contribution in [2.75, 3.05) is 7.11 Å². The lowest BCUT2D eigenvalue weighted by Crippen LogP contribution is -2.04. The minimum Gasteiger partial charge on any atom is -0.465 e. The summed E-state index contributed by atoms with van der Waals surface area (Å²) in [6.45, 7) is 0. The van der Waals surface area contributed by atoms with E-state index in [9.17, 15) is 4.79 Å². The van der Waals surface area contributed by atoms with Crippen LogP contribution in [0.3, 0.4) is 0 Å². The largest absolute Gasteiger partial charge is 0.465 e. The third-order valence-electron chi connectivity index (χ3n) is 2.45. The van der Waals surface area contributed by atoms with Gasteiger partial charge in [0.2, 0.25) is 0 Å². The molecule has 0 aliphatic carbocycles. The summed E-state index contributed by atoms with van der Waals surface area (Å²) >= 11 is 17.7. The van der Waals surface area contributed by atoms with Gasteiger partial charge in [0.1, 0.15) is 5.15 Å². The first-order chi connectivity index (χ1) is 9.01. The summed E-state index contributed by atoms with van der Waals surface area (Å²) in [6, 6.07) is 6.42. The third kappa shape index (κ3) is 3.18. The Balaban J connectivity index is 2.64. The second-order valence-electron chi connectivity index (χ2n) is 3.70. The number of halogens is 3. The standard InChI is InChI=1S/C13H8Cl3NO2/c1-19-13(18)10-5-12(16)17-6-11(10)7-2-8(14)4-9(15)3-7/h2-6H,1H3. The van der Waals surface area contributed by atoms with Gasteiger partial charge in [-0.1, -0.05) is 34.8 Å². The summed E-state index contributed by atoms with van der Waals surface area (Å²) in [6.07, 6.45) is 1.48. The van der Waals surface area contributed by atoms with E-state index in [-0.39, 0.29) is 5.15 Å². The number of hydrogen-bond donors (Lipinski definition) is 0. The molecule has 0 radical (unpaired) electrons. The lowest BCUT2D eigenvalue weighted by atomic mass is 10.0. The van der Waals surface area contributed by atoms with Gasteiger partial charge in [0, 0.05) is 21.8 Å². The van der Waals surface area contributed by atoms with E-state index < -0.39 is 5.97 Å². The van der Waals surface area contributed by atoms with E-state index in [1.807, 2.05) is 0 Å². The van der Waals surface area contributed by atoms with Crippen molar-refractivity contribution >= 4 is 40.8 Å². The second-order valence-corrected chi connectivity index (χ2v) is 4.96. The van der Waals surface area contributed by atoms with E-state index in [0.717, 1.165) is 0 Å². The van der Waals surface area contributed by atoms with E-state index in [0.29, 0.717) is 26.7 Å². The SMILES string of the molecule is COC(=O)c1cc(Cl)ncc1-c1cc(Cl)cc(Cl)c1. The van der Waals surface area contributed by atoms with Crippen LogP contribution in [0.1, 0.15) is 10.4 Å². The molecule has 98 valence electrons. The number of pyridine rings is 1. The summed E-state index contributed by atoms with van der Waals surface area (Å²) in [4.78, 5) is 15.7. The van der Waals surface area contributed by atoms with Crippen LogP contribution in [0, 0.1) is 0 Å². The number of methoxy groups -OCH3 is 1. The van der Waals surface area contributed by atoms with Gasteiger partial charge < -0.3 is 4.74 Å². The Bertz CT molecular complexity index is 624. The van der Waals surface area contributed by atoms with E-state index in [1.165, 1.54) is 19.4 Å². The number of esters is 1. The molecule has 0 aliphatic heterocycles. The molecule has 1 aromatic heterocycles. The van der Waals surface area contributed by atoms with Crippen molar-refractivity contribution in [3.8, 4) is 11.1 Å². The Hall–Kier alpha value is -1.29. The van der Waals surface area contributed by atoms with Gasteiger partial charge in [0.25, 0.3) is 0 Å². The highest BCUT2D eigenvalue weighted by Crippen LogP contribution is 2.30. The van der Waals surface area contributed by atoms with Crippen LogP contribution in [0.4, 0.5) is 0 Å². The maximum absolute atomic E-state index is 11.8. The monoisotopic (exact) mass is 315 g/mol. The summed E-state index contributed by atoms with van der Waals surface area (Å²) in [5.74, 6) is -0.504. The fourth-order valence-corrected chi connectivity index (χ4v) is 2.33. The van der Waals surface area contributed by atoms with Gasteiger partial charge in [-0.25, -0.2) is 9.78 Å². The number of carbonyl (C=O) groups excluding carboxylic acids is 1. The fraction of sp³-hybridized carbons (Fsp3) is 0.0769. The van der Waals surface area contributed by atoms with E-state index in [1.54, 1.807) is 18.2 Å². The molecule has 19 heavy (non-hydrogen) atoms. The molecule has 0 bridgehead atoms. The van der Waals surface area contributed by atoms with Crippen molar-refractivity contribution in [1.82, 2.24) is 4.98 Å². The second kappa shape index (κ2) is 5.78. The maximum Gasteiger partial charge on any atom is 0.338 e. The molecule has 1 aromatic carbocycles. The molecule has 0 spiro atoms. The number of ether oxygens (including phenoxy) is 1. The number of hydrogen-bond acceptors (Lipinski definition) is 3. The van der Waals surface area contributed by atoms with Crippen LogP contribution in [-0.2, 0) is 4.74 Å². The minimum absolute atomic E-state index is 0.206. The maximum atomic E-state index is 11.8. The molecular weight excluding hydrogens is 309 g/mol. The Morgan fingerprint density at radius 2 is 1.74 bits per heavy atom. The Morgan fingerprint density at radius 1 is 1.11 bits per heavy atom. The number of benzene rings is 1. The minimum atomic E-state index is -0.504. The molecule has 3 nitrogen and oxygen atoms in total. The molecule has 0 atom stereocenters. The van der Waals surface area contributed by atoms with Crippen molar-refractivity contribution in [2.24, 2.45) is 0 Å². The van der Waals surface area contributed by atoms with Gasteiger partial charge >= 0.3 is 5.97 Å². The summed E-state index contributed by atoms with van der Waals surface area (Å²) in [5.41, 5.74) is 1.53. The summed E-state index contributed by atoms with van der Waals surface area (Å²) < 4.78 is 4.72. The highest BCUT2D eigenvalue weighted by molar-refractivity contribution is 6.35. The van der Waals surface area contributed by atoms with Crippen molar-refractivity contribution in [2.45, 2.75) is 0 Å². The zero-order chi connectivity index (χ0) is 14.0. The first-order valence-electron chi connectivity index (χ1n) is 5.21. The van der Waals surface area contributed by atoms with Crippen LogP contribution in [-0.4, -0.2) is 18.1 Å². The van der Waals surface area contributed by atoms with Crippen LogP contribution in [0.15, 0.2) is 30.5 Å². The summed E-state index contributed by atoms with van der Waals surface area (Å²) in [7, 11) is 1.30. The van der Waals surface area contributed by atoms with Gasteiger partial charge in [-0.05, 0) is 29.8 Å². The van der Waals surface area contributed by atoms with Crippen LogP contribution < -0.4 is 0 Å². The average Bonchev–Trinajstić information content (AvgIpc) is 2.36. The molecule has 2 rings (SSSR count). The predicted molar refractivity (Wildman–Crippen MR) is 76.0 cm³/mol. The average molecular weight is 317 g/mol. The number of carbonyl (C=O) groups is 1. The van der Waals surface area contributed by atoms with Gasteiger partial charge in [0.05, 0.1) is 12.7 Å². The Labute approximate surface area is 125 Å². The third-order valence-corrected chi connectivity index (χ3v) is 3.09. The predicted octanol–water partition coefficient (Wildman–Crippen LogP) is 4.50. The van der Waals surface area contributed by atoms with Crippen LogP contribution in [0.25, 0.3) is 11.1 Å². The lowest BCUT2D eigenvalue weighted by Gasteiger charge is -2.09. The first kappa shape index (κ1) is 14.1. The molecule has 0 fully saturated rings. The fourth-order valence-electron chi connectivity index (χ4n) is 1.65. The molecule has 2 aromatic rings. The highest BCUT2D eigenvalue weighted by atomic mass is 35.5. The van der Waals surface area contributed by atoms with Crippen molar-refractivity contribution in [1.29, 1.82) is 0 Å². The van der Waals surface area contributed by atoms with E-state index in [2.05, 4.69) is 4.98 Å². The molecule has 0 saturated carbocycles. The van der Waals surface area contributed by atoms with Gasteiger partial charge in [-0.3, -0.25) is 0 Å². The quantitative estimate of drug-likeness (QED) is 0.605. The normalized spacial score (nSPS) is 10.3. The molecule has 0 unspecified atom stereocenters. The van der Waals surface area contributed by atoms with Crippen LogP contribution in [0.2, 0.25) is 15.2 Å². The molecule has 0 saturated heterocycles. The molecule has 0 amide bonds. The highest BCUT2D eigenvalue weighted by Gasteiger charge is 2.15. The molecule has 0 N–H and O–H groups in total. The summed E-state index contributed by atoms with van der Waals surface area (Å²) in [5, 5.41) is 1.14. The zero-order valence-electron chi connectivity index (χ0n) is 9.78. The van der Waals surface area contributed by atoms with E-state index >= 15 is 0 Å². The molecular formula is C13H8Cl3NO2. The van der Waals surface area contributed by atoms with Crippen molar-refractivity contribution < 1.29 is 9.53 Å². The Morgan fingerprint density at radius 3 is 2.32 bits per heavy atom. The van der Waals surface area contributed by atoms with Crippen LogP contribution >= 0.6 is 34.8 Å². The van der Waals surface area contributed by atoms with Crippen molar-refractivity contribution in [3.05, 3.63) is 51.2 Å². The lowest BCUT2D eigenvalue weighted by molar-refractivity contribution is 0.0601. The molecule has 6 heteroatoms. The smallest absolute Gasteiger partial charge is 0.338 e.